The lowest BCUT2D eigenvalue weighted by Gasteiger charge is -2.35. The van der Waals surface area contributed by atoms with Gasteiger partial charge in [-0.2, -0.15) is 0 Å². The van der Waals surface area contributed by atoms with Crippen molar-refractivity contribution in [2.75, 3.05) is 19.7 Å². The van der Waals surface area contributed by atoms with Gasteiger partial charge in [-0.05, 0) is 99.7 Å². The summed E-state index contributed by atoms with van der Waals surface area (Å²) in [6, 6.07) is 6.55. The number of carbonyl (C=O) groups is 2. The fourth-order valence-electron chi connectivity index (χ4n) is 5.81. The molecule has 3 aliphatic rings. The summed E-state index contributed by atoms with van der Waals surface area (Å²) >= 11 is 0. The smallest absolute Gasteiger partial charge is 0.410 e. The summed E-state index contributed by atoms with van der Waals surface area (Å²) in [7, 11) is 0. The molecule has 2 aromatic heterocycles. The highest BCUT2D eigenvalue weighted by molar-refractivity contribution is 5.85. The fraction of sp³-hybridized carbons (Fsp3) is 0.516. The number of nitrogens with one attached hydrogen (secondary N) is 1. The average molecular weight is 531 g/mol. The third-order valence-corrected chi connectivity index (χ3v) is 8.01. The summed E-state index contributed by atoms with van der Waals surface area (Å²) in [4.78, 5) is 38.0. The molecule has 1 aliphatic carbocycles. The van der Waals surface area contributed by atoms with Gasteiger partial charge in [-0.1, -0.05) is 6.07 Å². The molecule has 0 radical (unpaired) electrons. The highest BCUT2D eigenvalue weighted by Crippen LogP contribution is 2.40. The normalized spacial score (nSPS) is 19.4. The Morgan fingerprint density at radius 2 is 1.92 bits per heavy atom. The van der Waals surface area contributed by atoms with Gasteiger partial charge in [0.2, 0.25) is 5.91 Å². The maximum atomic E-state index is 13.3. The van der Waals surface area contributed by atoms with Crippen LogP contribution in [-0.2, 0) is 27.2 Å². The molecule has 1 saturated carbocycles. The minimum Gasteiger partial charge on any atom is -0.444 e. The number of nitrogens with zero attached hydrogens (tertiary/aromatic N) is 3. The number of aromatic amines is 1. The number of aryl methyl sites for hydroxylation is 1. The van der Waals surface area contributed by atoms with Crippen LogP contribution >= 0.6 is 0 Å². The molecule has 3 aromatic rings. The van der Waals surface area contributed by atoms with E-state index in [1.165, 1.54) is 5.56 Å². The zero-order valence-corrected chi connectivity index (χ0v) is 23.4. The van der Waals surface area contributed by atoms with Crippen LogP contribution in [0.4, 0.5) is 4.79 Å². The van der Waals surface area contributed by atoms with Crippen molar-refractivity contribution < 1.29 is 19.1 Å². The van der Waals surface area contributed by atoms with Gasteiger partial charge in [-0.3, -0.25) is 4.79 Å². The van der Waals surface area contributed by atoms with E-state index in [0.29, 0.717) is 19.6 Å². The molecule has 1 aromatic carbocycles. The molecule has 0 bridgehead atoms. The number of pyridine rings is 1. The number of fused-ring (bicyclic) bond motifs is 2. The lowest BCUT2D eigenvalue weighted by Crippen LogP contribution is -2.40. The van der Waals surface area contributed by atoms with Crippen molar-refractivity contribution in [1.82, 2.24) is 19.8 Å². The van der Waals surface area contributed by atoms with Gasteiger partial charge in [0.1, 0.15) is 17.9 Å². The molecule has 1 unspecified atom stereocenters. The second kappa shape index (κ2) is 9.97. The predicted molar refractivity (Wildman–Crippen MR) is 149 cm³/mol. The number of benzene rings is 1. The summed E-state index contributed by atoms with van der Waals surface area (Å²) in [6.45, 7) is 9.78. The first kappa shape index (κ1) is 25.9. The van der Waals surface area contributed by atoms with Gasteiger partial charge in [-0.25, -0.2) is 9.78 Å². The lowest BCUT2D eigenvalue weighted by molar-refractivity contribution is -0.137. The third kappa shape index (κ3) is 5.39. The average Bonchev–Trinajstić information content (AvgIpc) is 3.47. The second-order valence-corrected chi connectivity index (χ2v) is 12.2. The Morgan fingerprint density at radius 3 is 2.69 bits per heavy atom. The van der Waals surface area contributed by atoms with Gasteiger partial charge in [0, 0.05) is 43.0 Å². The van der Waals surface area contributed by atoms with Crippen molar-refractivity contribution in [3.8, 4) is 11.1 Å². The Balaban J connectivity index is 1.38. The number of H-pyrrole nitrogens is 1. The molecule has 2 aliphatic heterocycles. The van der Waals surface area contributed by atoms with Crippen molar-refractivity contribution >= 4 is 23.0 Å². The molecule has 8 nitrogen and oxygen atoms in total. The summed E-state index contributed by atoms with van der Waals surface area (Å²) in [6.07, 6.45) is 8.51. The number of hydrogen-bond donors (Lipinski definition) is 1. The summed E-state index contributed by atoms with van der Waals surface area (Å²) in [5.41, 5.74) is 7.10. The number of carbonyl (C=O) groups excluding carboxylic acids is 2. The van der Waals surface area contributed by atoms with E-state index in [9.17, 15) is 9.59 Å². The molecule has 1 N–H and O–H groups in total. The molecule has 206 valence electrons. The van der Waals surface area contributed by atoms with E-state index in [2.05, 4.69) is 35.1 Å². The molecule has 2 fully saturated rings. The van der Waals surface area contributed by atoms with Crippen molar-refractivity contribution in [1.29, 1.82) is 0 Å². The van der Waals surface area contributed by atoms with Crippen LogP contribution in [0.5, 0.6) is 0 Å². The number of amides is 2. The second-order valence-electron chi connectivity index (χ2n) is 12.2. The van der Waals surface area contributed by atoms with Crippen LogP contribution in [0.25, 0.3) is 22.2 Å². The molecule has 1 saturated heterocycles. The van der Waals surface area contributed by atoms with Crippen LogP contribution in [0.15, 0.2) is 30.6 Å². The fourth-order valence-corrected chi connectivity index (χ4v) is 5.81. The minimum atomic E-state index is -0.564. The predicted octanol–water partition coefficient (Wildman–Crippen LogP) is 5.67. The van der Waals surface area contributed by atoms with Crippen LogP contribution in [0.1, 0.15) is 74.8 Å². The Bertz CT molecular complexity index is 1420. The van der Waals surface area contributed by atoms with Gasteiger partial charge in [0.05, 0.1) is 12.1 Å². The van der Waals surface area contributed by atoms with Crippen molar-refractivity contribution in [3.63, 3.8) is 0 Å². The van der Waals surface area contributed by atoms with Gasteiger partial charge >= 0.3 is 6.09 Å². The Hall–Kier alpha value is -3.39. The number of rotatable bonds is 5. The summed E-state index contributed by atoms with van der Waals surface area (Å²) in [5.74, 6) is 0.0376. The molecular formula is C31H38N4O4. The van der Waals surface area contributed by atoms with E-state index < -0.39 is 5.60 Å². The SMILES string of the molecule is Cc1c[nH]c2ncc(-c3cc4c(c(C5CCCN5C(=O)OC(C)(C)C)c3)CN(C(=O)COC3CC3)CC4)cc12. The third-order valence-electron chi connectivity index (χ3n) is 8.01. The van der Waals surface area contributed by atoms with Crippen LogP contribution in [0.2, 0.25) is 0 Å². The van der Waals surface area contributed by atoms with E-state index in [4.69, 9.17) is 9.47 Å². The lowest BCUT2D eigenvalue weighted by atomic mass is 9.86. The van der Waals surface area contributed by atoms with E-state index >= 15 is 0 Å². The van der Waals surface area contributed by atoms with E-state index in [1.54, 1.807) is 0 Å². The van der Waals surface area contributed by atoms with E-state index in [0.717, 1.165) is 71.0 Å². The van der Waals surface area contributed by atoms with Gasteiger partial charge in [0.25, 0.3) is 0 Å². The number of ether oxygens (including phenoxy) is 2. The first-order valence-electron chi connectivity index (χ1n) is 14.1. The van der Waals surface area contributed by atoms with Gasteiger partial charge in [0.15, 0.2) is 0 Å². The van der Waals surface area contributed by atoms with Crippen LogP contribution in [0.3, 0.4) is 0 Å². The molecule has 1 atom stereocenters. The maximum Gasteiger partial charge on any atom is 0.410 e. The van der Waals surface area contributed by atoms with Crippen molar-refractivity contribution in [3.05, 3.63) is 52.8 Å². The van der Waals surface area contributed by atoms with Gasteiger partial charge < -0.3 is 24.3 Å². The van der Waals surface area contributed by atoms with Crippen LogP contribution in [-0.4, -0.2) is 63.2 Å². The Labute approximate surface area is 229 Å². The molecule has 39 heavy (non-hydrogen) atoms. The van der Waals surface area contributed by atoms with Crippen LogP contribution < -0.4 is 0 Å². The zero-order chi connectivity index (χ0) is 27.3. The zero-order valence-electron chi connectivity index (χ0n) is 23.4. The monoisotopic (exact) mass is 530 g/mol. The van der Waals surface area contributed by atoms with Crippen molar-refractivity contribution in [2.45, 2.75) is 84.1 Å². The van der Waals surface area contributed by atoms with Crippen molar-refractivity contribution in [2.24, 2.45) is 0 Å². The maximum absolute atomic E-state index is 13.3. The van der Waals surface area contributed by atoms with E-state index in [-0.39, 0.29) is 30.8 Å². The number of aromatic nitrogens is 2. The molecule has 4 heterocycles. The minimum absolute atomic E-state index is 0.0376. The van der Waals surface area contributed by atoms with Crippen LogP contribution in [0, 0.1) is 6.92 Å². The molecular weight excluding hydrogens is 492 g/mol. The first-order valence-corrected chi connectivity index (χ1v) is 14.1. The first-order chi connectivity index (χ1) is 18.7. The van der Waals surface area contributed by atoms with Gasteiger partial charge in [-0.15, -0.1) is 0 Å². The molecule has 2 amide bonds. The largest absolute Gasteiger partial charge is 0.444 e. The summed E-state index contributed by atoms with van der Waals surface area (Å²) < 4.78 is 11.5. The Morgan fingerprint density at radius 1 is 1.10 bits per heavy atom. The molecule has 0 spiro atoms. The quantitative estimate of drug-likeness (QED) is 0.459. The van der Waals surface area contributed by atoms with E-state index in [1.807, 2.05) is 43.0 Å². The molecule has 8 heteroatoms. The molecule has 6 rings (SSSR count). The highest BCUT2D eigenvalue weighted by Gasteiger charge is 2.36. The highest BCUT2D eigenvalue weighted by atomic mass is 16.6. The Kier molecular flexibility index (Phi) is 6.61. The summed E-state index contributed by atoms with van der Waals surface area (Å²) in [5, 5.41) is 1.11. The standard InChI is InChI=1S/C31H38N4O4/c1-19-15-32-29-24(19)14-22(16-33-29)21-12-20-9-11-34(28(36)18-38-23-7-8-23)17-26(20)25(13-21)27-6-5-10-35(27)30(37)39-31(2,3)4/h12-16,23,27H,5-11,17-18H2,1-4H3,(H,32,33). The topological polar surface area (TPSA) is 87.8 Å². The number of hydrogen-bond acceptors (Lipinski definition) is 5. The number of likely N-dealkylation sites (tertiary alicyclic amines) is 1.